The summed E-state index contributed by atoms with van der Waals surface area (Å²) in [5, 5.41) is 16.5. The summed E-state index contributed by atoms with van der Waals surface area (Å²) in [5.41, 5.74) is 0.914. The minimum Gasteiger partial charge on any atom is -0.691 e. The Hall–Kier alpha value is -1.06. The highest BCUT2D eigenvalue weighted by Crippen LogP contribution is 1.96. The van der Waals surface area contributed by atoms with Gasteiger partial charge in [-0.3, -0.25) is 0 Å². The van der Waals surface area contributed by atoms with E-state index in [4.69, 9.17) is 0 Å². The number of H-pyrrole nitrogens is 1. The lowest BCUT2D eigenvalue weighted by molar-refractivity contribution is -0.669. The van der Waals surface area contributed by atoms with E-state index in [1.165, 1.54) is 6.20 Å². The first-order chi connectivity index (χ1) is 4.83. The summed E-state index contributed by atoms with van der Waals surface area (Å²) < 4.78 is 0. The molecule has 0 fully saturated rings. The summed E-state index contributed by atoms with van der Waals surface area (Å²) in [5.74, 6) is 0. The predicted molar refractivity (Wildman–Crippen MR) is 36.2 cm³/mol. The number of aromatic amines is 1. The van der Waals surface area contributed by atoms with Crippen molar-refractivity contribution >= 4 is 0 Å². The molecular weight excluding hydrogens is 130 g/mol. The van der Waals surface area contributed by atoms with Crippen LogP contribution in [0.4, 0.5) is 0 Å². The van der Waals surface area contributed by atoms with E-state index >= 15 is 0 Å². The van der Waals surface area contributed by atoms with Crippen LogP contribution in [0.2, 0.25) is 0 Å². The number of hydrogen-bond donors (Lipinski definition) is 1. The van der Waals surface area contributed by atoms with E-state index in [9.17, 15) is 5.21 Å². The van der Waals surface area contributed by atoms with E-state index in [2.05, 4.69) is 17.2 Å². The molecule has 0 atom stereocenters. The Labute approximate surface area is 59.4 Å². The first-order valence-corrected chi connectivity index (χ1v) is 3.46. The topological polar surface area (TPSA) is 55.6 Å². The van der Waals surface area contributed by atoms with E-state index in [0.717, 1.165) is 25.0 Å². The minimum absolute atomic E-state index is 0.547. The van der Waals surface area contributed by atoms with Crippen molar-refractivity contribution in [2.24, 2.45) is 0 Å². The molecule has 0 aliphatic heterocycles. The molecule has 1 N–H and O–H groups in total. The van der Waals surface area contributed by atoms with Crippen LogP contribution in [0.25, 0.3) is 0 Å². The van der Waals surface area contributed by atoms with Crippen LogP contribution in [0.5, 0.6) is 0 Å². The highest BCUT2D eigenvalue weighted by atomic mass is 16.5. The third kappa shape index (κ3) is 1.72. The average molecular weight is 141 g/mol. The monoisotopic (exact) mass is 141 g/mol. The summed E-state index contributed by atoms with van der Waals surface area (Å²) in [4.78, 5) is 0.547. The molecule has 0 aliphatic carbocycles. The van der Waals surface area contributed by atoms with Crippen LogP contribution in [-0.4, -0.2) is 10.3 Å². The van der Waals surface area contributed by atoms with Crippen LogP contribution >= 0.6 is 0 Å². The Morgan fingerprint density at radius 3 is 3.10 bits per heavy atom. The molecule has 4 heteroatoms. The molecule has 0 radical (unpaired) electrons. The average Bonchev–Trinajstić information content (AvgIpc) is 2.31. The molecule has 0 bridgehead atoms. The van der Waals surface area contributed by atoms with Gasteiger partial charge in [0.15, 0.2) is 11.9 Å². The SMILES string of the molecule is CCCCc1c[n+]([O-])n[nH]1. The van der Waals surface area contributed by atoms with Crippen LogP contribution < -0.4 is 4.85 Å². The van der Waals surface area contributed by atoms with Crippen molar-refractivity contribution in [2.45, 2.75) is 26.2 Å². The fraction of sp³-hybridized carbons (Fsp3) is 0.667. The zero-order chi connectivity index (χ0) is 7.40. The molecule has 0 saturated carbocycles. The maximum atomic E-state index is 10.4. The van der Waals surface area contributed by atoms with Gasteiger partial charge in [0.2, 0.25) is 0 Å². The van der Waals surface area contributed by atoms with E-state index in [1.54, 1.807) is 0 Å². The van der Waals surface area contributed by atoms with Crippen molar-refractivity contribution in [1.82, 2.24) is 10.3 Å². The lowest BCUT2D eigenvalue weighted by Gasteiger charge is -1.87. The van der Waals surface area contributed by atoms with E-state index in [-0.39, 0.29) is 0 Å². The standard InChI is InChI=1S/C6H11N3O/c1-2-3-4-6-5-9(10)8-7-6/h5,7H,2-4H2,1H3. The van der Waals surface area contributed by atoms with Crippen molar-refractivity contribution in [2.75, 3.05) is 0 Å². The summed E-state index contributed by atoms with van der Waals surface area (Å²) in [6, 6.07) is 0. The molecule has 0 unspecified atom stereocenters. The molecule has 0 spiro atoms. The van der Waals surface area contributed by atoms with Crippen LogP contribution in [-0.2, 0) is 6.42 Å². The van der Waals surface area contributed by atoms with Crippen molar-refractivity contribution in [3.8, 4) is 0 Å². The fourth-order valence-corrected chi connectivity index (χ4v) is 0.792. The smallest absolute Gasteiger partial charge is 0.165 e. The number of nitrogens with zero attached hydrogens (tertiary/aromatic N) is 2. The summed E-state index contributed by atoms with van der Waals surface area (Å²) in [6.45, 7) is 2.11. The van der Waals surface area contributed by atoms with Crippen molar-refractivity contribution in [3.05, 3.63) is 17.1 Å². The zero-order valence-electron chi connectivity index (χ0n) is 6.00. The molecule has 1 rings (SSSR count). The number of aromatic nitrogens is 3. The van der Waals surface area contributed by atoms with Gasteiger partial charge in [-0.1, -0.05) is 13.3 Å². The second kappa shape index (κ2) is 3.20. The molecule has 0 amide bonds. The second-order valence-electron chi connectivity index (χ2n) is 2.27. The molecule has 4 nitrogen and oxygen atoms in total. The molecule has 10 heavy (non-hydrogen) atoms. The van der Waals surface area contributed by atoms with Crippen LogP contribution in [0.1, 0.15) is 25.5 Å². The largest absolute Gasteiger partial charge is 0.691 e. The number of unbranched alkanes of at least 4 members (excludes halogenated alkanes) is 1. The molecule has 1 aromatic heterocycles. The van der Waals surface area contributed by atoms with Gasteiger partial charge in [0.25, 0.3) is 0 Å². The van der Waals surface area contributed by atoms with Gasteiger partial charge in [-0.25, -0.2) is 0 Å². The minimum atomic E-state index is 0.547. The van der Waals surface area contributed by atoms with Gasteiger partial charge in [0, 0.05) is 6.42 Å². The van der Waals surface area contributed by atoms with E-state index in [1.807, 2.05) is 0 Å². The summed E-state index contributed by atoms with van der Waals surface area (Å²) >= 11 is 0. The van der Waals surface area contributed by atoms with Crippen molar-refractivity contribution < 1.29 is 4.85 Å². The van der Waals surface area contributed by atoms with Gasteiger partial charge in [0.05, 0.1) is 5.21 Å². The molecule has 0 aromatic carbocycles. The Balaban J connectivity index is 2.42. The van der Waals surface area contributed by atoms with Gasteiger partial charge in [0.1, 0.15) is 0 Å². The molecule has 0 saturated heterocycles. The fourth-order valence-electron chi connectivity index (χ4n) is 0.792. The predicted octanol–water partition coefficient (Wildman–Crippen LogP) is 0.386. The van der Waals surface area contributed by atoms with Gasteiger partial charge >= 0.3 is 0 Å². The van der Waals surface area contributed by atoms with Gasteiger partial charge in [-0.2, -0.15) is 0 Å². The third-order valence-corrected chi connectivity index (χ3v) is 1.36. The zero-order valence-corrected chi connectivity index (χ0v) is 6.00. The number of aryl methyl sites for hydroxylation is 1. The Kier molecular flexibility index (Phi) is 2.25. The maximum Gasteiger partial charge on any atom is 0.165 e. The number of rotatable bonds is 3. The molecule has 1 heterocycles. The van der Waals surface area contributed by atoms with Crippen LogP contribution in [0.3, 0.4) is 0 Å². The third-order valence-electron chi connectivity index (χ3n) is 1.36. The van der Waals surface area contributed by atoms with Crippen LogP contribution in [0.15, 0.2) is 6.20 Å². The lowest BCUT2D eigenvalue weighted by atomic mass is 10.2. The molecule has 1 aromatic rings. The Morgan fingerprint density at radius 2 is 2.60 bits per heavy atom. The highest BCUT2D eigenvalue weighted by Gasteiger charge is 1.99. The summed E-state index contributed by atoms with van der Waals surface area (Å²) in [7, 11) is 0. The molecule has 56 valence electrons. The molecular formula is C6H11N3O. The van der Waals surface area contributed by atoms with Gasteiger partial charge in [-0.05, 0) is 6.42 Å². The lowest BCUT2D eigenvalue weighted by Crippen LogP contribution is -2.26. The van der Waals surface area contributed by atoms with Crippen LogP contribution in [0, 0.1) is 5.21 Å². The van der Waals surface area contributed by atoms with Gasteiger partial charge < -0.3 is 5.21 Å². The summed E-state index contributed by atoms with van der Waals surface area (Å²) in [6.07, 6.45) is 4.62. The van der Waals surface area contributed by atoms with Crippen molar-refractivity contribution in [3.63, 3.8) is 0 Å². The second-order valence-corrected chi connectivity index (χ2v) is 2.27. The highest BCUT2D eigenvalue weighted by molar-refractivity contribution is 4.86. The number of nitrogens with one attached hydrogen (secondary N) is 1. The quantitative estimate of drug-likeness (QED) is 0.489. The molecule has 0 aliphatic rings. The normalized spacial score (nSPS) is 10.1. The Morgan fingerprint density at radius 1 is 1.80 bits per heavy atom. The van der Waals surface area contributed by atoms with E-state index < -0.39 is 0 Å². The maximum absolute atomic E-state index is 10.4. The van der Waals surface area contributed by atoms with Gasteiger partial charge in [-0.15, -0.1) is 9.94 Å². The Bertz CT molecular complexity index is 197. The van der Waals surface area contributed by atoms with Crippen molar-refractivity contribution in [1.29, 1.82) is 0 Å². The first-order valence-electron chi connectivity index (χ1n) is 3.46. The van der Waals surface area contributed by atoms with E-state index in [0.29, 0.717) is 4.85 Å². The first kappa shape index (κ1) is 7.05. The number of hydrogen-bond acceptors (Lipinski definition) is 2.